The lowest BCUT2D eigenvalue weighted by molar-refractivity contribution is 0.397. The molecule has 4 nitrogen and oxygen atoms in total. The summed E-state index contributed by atoms with van der Waals surface area (Å²) in [6.07, 6.45) is 0.968. The van der Waals surface area contributed by atoms with Crippen molar-refractivity contribution in [1.82, 2.24) is 4.31 Å². The molecule has 22 heavy (non-hydrogen) atoms. The molecule has 118 valence electrons. The van der Waals surface area contributed by atoms with Crippen molar-refractivity contribution in [3.63, 3.8) is 0 Å². The van der Waals surface area contributed by atoms with Crippen molar-refractivity contribution in [3.8, 4) is 5.75 Å². The summed E-state index contributed by atoms with van der Waals surface area (Å²) in [6.45, 7) is 2.41. The molecule has 0 aromatic heterocycles. The van der Waals surface area contributed by atoms with Crippen LogP contribution in [0.15, 0.2) is 53.4 Å². The van der Waals surface area contributed by atoms with Gasteiger partial charge >= 0.3 is 0 Å². The number of para-hydroxylation sites is 1. The molecular formula is C17H21NO3S. The minimum atomic E-state index is -3.59. The fourth-order valence-corrected chi connectivity index (χ4v) is 3.53. The minimum absolute atomic E-state index is 0.185. The van der Waals surface area contributed by atoms with Crippen molar-refractivity contribution in [2.24, 2.45) is 0 Å². The highest BCUT2D eigenvalue weighted by Gasteiger charge is 2.24. The largest absolute Gasteiger partial charge is 0.495 e. The van der Waals surface area contributed by atoms with E-state index in [9.17, 15) is 8.42 Å². The van der Waals surface area contributed by atoms with Crippen LogP contribution >= 0.6 is 0 Å². The van der Waals surface area contributed by atoms with Crippen molar-refractivity contribution >= 4 is 10.0 Å². The summed E-state index contributed by atoms with van der Waals surface area (Å²) in [5.41, 5.74) is 2.19. The van der Waals surface area contributed by atoms with Crippen LogP contribution in [0.5, 0.6) is 5.75 Å². The van der Waals surface area contributed by atoms with Gasteiger partial charge in [-0.1, -0.05) is 43.3 Å². The Labute approximate surface area is 132 Å². The van der Waals surface area contributed by atoms with Gasteiger partial charge in [-0.2, -0.15) is 4.31 Å². The molecule has 0 aliphatic carbocycles. The van der Waals surface area contributed by atoms with Crippen LogP contribution in [0.2, 0.25) is 0 Å². The Morgan fingerprint density at radius 2 is 1.59 bits per heavy atom. The second kappa shape index (κ2) is 6.94. The molecule has 2 rings (SSSR count). The molecule has 0 radical (unpaired) electrons. The van der Waals surface area contributed by atoms with Gasteiger partial charge in [-0.15, -0.1) is 0 Å². The molecule has 0 bridgehead atoms. The van der Waals surface area contributed by atoms with Gasteiger partial charge in [-0.25, -0.2) is 8.42 Å². The highest BCUT2D eigenvalue weighted by atomic mass is 32.2. The van der Waals surface area contributed by atoms with Crippen LogP contribution in [0.4, 0.5) is 0 Å². The van der Waals surface area contributed by atoms with Gasteiger partial charge in [0.05, 0.1) is 7.11 Å². The first-order valence-corrected chi connectivity index (χ1v) is 8.60. The Morgan fingerprint density at radius 1 is 1.00 bits per heavy atom. The SMILES string of the molecule is CCc1ccc(CN(C)S(=O)(=O)c2ccccc2OC)cc1. The molecule has 0 fully saturated rings. The van der Waals surface area contributed by atoms with Gasteiger partial charge < -0.3 is 4.74 Å². The van der Waals surface area contributed by atoms with Crippen LogP contribution in [0.25, 0.3) is 0 Å². The monoisotopic (exact) mass is 319 g/mol. The van der Waals surface area contributed by atoms with E-state index in [0.717, 1.165) is 12.0 Å². The summed E-state index contributed by atoms with van der Waals surface area (Å²) < 4.78 is 31.9. The van der Waals surface area contributed by atoms with E-state index in [4.69, 9.17) is 4.74 Å². The van der Waals surface area contributed by atoms with E-state index in [1.165, 1.54) is 17.0 Å². The van der Waals surface area contributed by atoms with Crippen LogP contribution in [-0.4, -0.2) is 26.9 Å². The first-order valence-electron chi connectivity index (χ1n) is 7.16. The lowest BCUT2D eigenvalue weighted by atomic mass is 10.1. The van der Waals surface area contributed by atoms with Gasteiger partial charge in [-0.05, 0) is 29.7 Å². The van der Waals surface area contributed by atoms with E-state index in [0.29, 0.717) is 12.3 Å². The lowest BCUT2D eigenvalue weighted by Crippen LogP contribution is -2.26. The quantitative estimate of drug-likeness (QED) is 0.822. The molecule has 5 heteroatoms. The van der Waals surface area contributed by atoms with Gasteiger partial charge in [0.1, 0.15) is 10.6 Å². The number of sulfonamides is 1. The van der Waals surface area contributed by atoms with Crippen LogP contribution in [0, 0.1) is 0 Å². The summed E-state index contributed by atoms with van der Waals surface area (Å²) in [6, 6.07) is 14.6. The number of nitrogens with zero attached hydrogens (tertiary/aromatic N) is 1. The smallest absolute Gasteiger partial charge is 0.246 e. The number of ether oxygens (including phenoxy) is 1. The molecule has 0 aliphatic heterocycles. The van der Waals surface area contributed by atoms with Crippen molar-refractivity contribution in [3.05, 3.63) is 59.7 Å². The number of benzene rings is 2. The predicted molar refractivity (Wildman–Crippen MR) is 87.5 cm³/mol. The first-order chi connectivity index (χ1) is 10.5. The molecule has 2 aromatic rings. The van der Waals surface area contributed by atoms with E-state index in [-0.39, 0.29) is 4.90 Å². The molecule has 0 spiro atoms. The Balaban J connectivity index is 2.24. The third-order valence-electron chi connectivity index (χ3n) is 3.59. The molecule has 0 saturated carbocycles. The van der Waals surface area contributed by atoms with Crippen LogP contribution in [0.3, 0.4) is 0 Å². The number of aryl methyl sites for hydroxylation is 1. The van der Waals surface area contributed by atoms with Gasteiger partial charge in [-0.3, -0.25) is 0 Å². The van der Waals surface area contributed by atoms with Crippen molar-refractivity contribution < 1.29 is 13.2 Å². The average Bonchev–Trinajstić information content (AvgIpc) is 2.55. The maximum atomic E-state index is 12.7. The third-order valence-corrected chi connectivity index (χ3v) is 5.44. The maximum absolute atomic E-state index is 12.7. The Bertz CT molecular complexity index is 724. The Hall–Kier alpha value is -1.85. The number of hydrogen-bond donors (Lipinski definition) is 0. The van der Waals surface area contributed by atoms with Crippen LogP contribution < -0.4 is 4.74 Å². The fourth-order valence-electron chi connectivity index (χ4n) is 2.22. The van der Waals surface area contributed by atoms with Gasteiger partial charge in [0, 0.05) is 13.6 Å². The zero-order valence-electron chi connectivity index (χ0n) is 13.1. The summed E-state index contributed by atoms with van der Waals surface area (Å²) in [5.74, 6) is 0.357. The molecule has 0 atom stereocenters. The summed E-state index contributed by atoms with van der Waals surface area (Å²) in [5, 5.41) is 0. The fraction of sp³-hybridized carbons (Fsp3) is 0.294. The van der Waals surface area contributed by atoms with E-state index in [1.807, 2.05) is 24.3 Å². The van der Waals surface area contributed by atoms with E-state index < -0.39 is 10.0 Å². The number of methoxy groups -OCH3 is 1. The molecule has 0 unspecified atom stereocenters. The summed E-state index contributed by atoms with van der Waals surface area (Å²) in [7, 11) is -0.538. The molecule has 2 aromatic carbocycles. The Kier molecular flexibility index (Phi) is 5.21. The highest BCUT2D eigenvalue weighted by molar-refractivity contribution is 7.89. The van der Waals surface area contributed by atoms with E-state index in [2.05, 4.69) is 6.92 Å². The molecule has 0 saturated heterocycles. The van der Waals surface area contributed by atoms with Crippen molar-refractivity contribution in [2.45, 2.75) is 24.8 Å². The number of rotatable bonds is 6. The second-order valence-corrected chi connectivity index (χ2v) is 7.10. The summed E-state index contributed by atoms with van der Waals surface area (Å²) >= 11 is 0. The molecule has 0 N–H and O–H groups in total. The zero-order valence-corrected chi connectivity index (χ0v) is 13.9. The zero-order chi connectivity index (χ0) is 16.2. The standard InChI is InChI=1S/C17H21NO3S/c1-4-14-9-11-15(12-10-14)13-18(2)22(19,20)17-8-6-5-7-16(17)21-3/h5-12H,4,13H2,1-3H3. The van der Waals surface area contributed by atoms with Crippen LogP contribution in [-0.2, 0) is 23.0 Å². The van der Waals surface area contributed by atoms with Gasteiger partial charge in [0.25, 0.3) is 0 Å². The molecular weight excluding hydrogens is 298 g/mol. The molecule has 0 aliphatic rings. The van der Waals surface area contributed by atoms with Gasteiger partial charge in [0.2, 0.25) is 10.0 Å². The van der Waals surface area contributed by atoms with E-state index in [1.54, 1.807) is 31.3 Å². The number of hydrogen-bond acceptors (Lipinski definition) is 3. The van der Waals surface area contributed by atoms with Crippen molar-refractivity contribution in [2.75, 3.05) is 14.2 Å². The summed E-state index contributed by atoms with van der Waals surface area (Å²) in [4.78, 5) is 0.185. The second-order valence-electron chi connectivity index (χ2n) is 5.08. The van der Waals surface area contributed by atoms with Gasteiger partial charge in [0.15, 0.2) is 0 Å². The first kappa shape index (κ1) is 16.5. The Morgan fingerprint density at radius 3 is 2.18 bits per heavy atom. The maximum Gasteiger partial charge on any atom is 0.246 e. The topological polar surface area (TPSA) is 46.6 Å². The molecule has 0 heterocycles. The average molecular weight is 319 g/mol. The normalized spacial score (nSPS) is 11.6. The minimum Gasteiger partial charge on any atom is -0.495 e. The molecule has 0 amide bonds. The van der Waals surface area contributed by atoms with Crippen molar-refractivity contribution in [1.29, 1.82) is 0 Å². The predicted octanol–water partition coefficient (Wildman–Crippen LogP) is 3.08. The van der Waals surface area contributed by atoms with E-state index >= 15 is 0 Å². The highest BCUT2D eigenvalue weighted by Crippen LogP contribution is 2.26. The third kappa shape index (κ3) is 3.48. The van der Waals surface area contributed by atoms with Crippen LogP contribution in [0.1, 0.15) is 18.1 Å². The lowest BCUT2D eigenvalue weighted by Gasteiger charge is -2.19.